The molecule has 0 aliphatic carbocycles. The summed E-state index contributed by atoms with van der Waals surface area (Å²) in [6, 6.07) is 49.5. The fourth-order valence-electron chi connectivity index (χ4n) is 5.61. The van der Waals surface area contributed by atoms with Crippen LogP contribution in [0.15, 0.2) is 146 Å². The number of rotatable bonds is 6. The average Bonchev–Trinajstić information content (AvgIpc) is 3.50. The van der Waals surface area contributed by atoms with E-state index in [0.29, 0.717) is 0 Å². The number of aryl methyl sites for hydroxylation is 1. The Kier molecular flexibility index (Phi) is 8.20. The summed E-state index contributed by atoms with van der Waals surface area (Å²) in [6.07, 6.45) is -0.227. The van der Waals surface area contributed by atoms with Gasteiger partial charge in [0.2, 0.25) is 0 Å². The second-order valence-corrected chi connectivity index (χ2v) is 10.7. The normalized spacial score (nSPS) is 14.9. The Bertz CT molecular complexity index is 1780. The Morgan fingerprint density at radius 1 is 0.674 bits per heavy atom. The summed E-state index contributed by atoms with van der Waals surface area (Å²) < 4.78 is 6.22. The van der Waals surface area contributed by atoms with Crippen LogP contribution in [0, 0.1) is 6.92 Å². The largest absolute Gasteiger partial charge is 0.464 e. The van der Waals surface area contributed by atoms with Gasteiger partial charge in [0.15, 0.2) is 6.23 Å². The minimum absolute atomic E-state index is 0.227. The van der Waals surface area contributed by atoms with E-state index in [0.717, 1.165) is 44.6 Å². The summed E-state index contributed by atoms with van der Waals surface area (Å²) >= 11 is 0. The van der Waals surface area contributed by atoms with Crippen LogP contribution in [0.2, 0.25) is 0 Å². The molecule has 0 bridgehead atoms. The first kappa shape index (κ1) is 28.2. The third-order valence-corrected chi connectivity index (χ3v) is 7.86. The molecule has 0 spiro atoms. The van der Waals surface area contributed by atoms with Crippen molar-refractivity contribution in [1.29, 1.82) is 0 Å². The smallest absolute Gasteiger partial charge is 0.197 e. The van der Waals surface area contributed by atoms with Gasteiger partial charge in [-0.3, -0.25) is 5.32 Å². The van der Waals surface area contributed by atoms with Crippen LogP contribution in [0.3, 0.4) is 0 Å². The van der Waals surface area contributed by atoms with Crippen LogP contribution in [-0.2, 0) is 5.66 Å². The number of benzene rings is 6. The van der Waals surface area contributed by atoms with Crippen molar-refractivity contribution in [2.75, 3.05) is 12.0 Å². The predicted octanol–water partition coefficient (Wildman–Crippen LogP) is 7.67. The van der Waals surface area contributed by atoms with Gasteiger partial charge in [0.05, 0.1) is 5.69 Å². The van der Waals surface area contributed by atoms with E-state index in [9.17, 15) is 0 Å². The Labute approximate surface area is 253 Å². The number of anilines is 1. The molecular formula is C38H36N4O. The van der Waals surface area contributed by atoms with Gasteiger partial charge in [-0.25, -0.2) is 0 Å². The molecule has 43 heavy (non-hydrogen) atoms. The zero-order chi connectivity index (χ0) is 29.6. The second-order valence-electron chi connectivity index (χ2n) is 10.7. The minimum atomic E-state index is -0.874. The molecule has 2 atom stereocenters. The highest BCUT2D eigenvalue weighted by atomic mass is 16.5. The first-order valence-electron chi connectivity index (χ1n) is 14.5. The lowest BCUT2D eigenvalue weighted by Crippen LogP contribution is -2.53. The van der Waals surface area contributed by atoms with E-state index >= 15 is 0 Å². The van der Waals surface area contributed by atoms with E-state index in [2.05, 4.69) is 90.4 Å². The zero-order valence-corrected chi connectivity index (χ0v) is 24.2. The Balaban J connectivity index is 0.000000415. The lowest BCUT2D eigenvalue weighted by atomic mass is 9.89. The highest BCUT2D eigenvalue weighted by Gasteiger charge is 2.29. The minimum Gasteiger partial charge on any atom is -0.464 e. The number of para-hydroxylation sites is 2. The number of hydrogen-bond donors (Lipinski definition) is 4. The van der Waals surface area contributed by atoms with E-state index in [-0.39, 0.29) is 12.9 Å². The molecule has 5 nitrogen and oxygen atoms in total. The quantitative estimate of drug-likeness (QED) is 0.156. The van der Waals surface area contributed by atoms with Gasteiger partial charge < -0.3 is 21.5 Å². The monoisotopic (exact) mass is 564 g/mol. The molecule has 0 saturated heterocycles. The van der Waals surface area contributed by atoms with Crippen molar-refractivity contribution in [2.24, 2.45) is 11.5 Å². The average molecular weight is 565 g/mol. The first-order valence-corrected chi connectivity index (χ1v) is 14.5. The molecule has 6 N–H and O–H groups in total. The molecule has 1 heterocycles. The lowest BCUT2D eigenvalue weighted by Gasteiger charge is -2.31. The Hall–Kier alpha value is -4.94. The molecule has 0 saturated carbocycles. The molecule has 6 aromatic carbocycles. The van der Waals surface area contributed by atoms with Gasteiger partial charge in [-0.15, -0.1) is 0 Å². The fourth-order valence-corrected chi connectivity index (χ4v) is 5.61. The van der Waals surface area contributed by atoms with Crippen molar-refractivity contribution >= 4 is 16.5 Å². The standard InChI is InChI=1S/C31H28N4O.C7H8/c32-20-34-31(33,22-8-2-1-3-9-22)23-16-14-21(15-17-23)24-18-19-27(26-11-5-4-10-25(24)26)30-35-28-12-6-7-13-29(28)36-30;1-7-5-3-2-4-6-7/h1-19,30,34-35H,20,32-33H2;2-6H,1H3. The molecule has 0 fully saturated rings. The molecule has 0 aromatic heterocycles. The maximum Gasteiger partial charge on any atom is 0.197 e. The summed E-state index contributed by atoms with van der Waals surface area (Å²) in [5.41, 5.74) is 19.5. The van der Waals surface area contributed by atoms with E-state index in [1.807, 2.05) is 72.8 Å². The molecular weight excluding hydrogens is 528 g/mol. The molecule has 1 aliphatic rings. The van der Waals surface area contributed by atoms with Gasteiger partial charge in [-0.1, -0.05) is 139 Å². The van der Waals surface area contributed by atoms with E-state index < -0.39 is 5.66 Å². The van der Waals surface area contributed by atoms with Crippen LogP contribution >= 0.6 is 0 Å². The number of nitrogens with two attached hydrogens (primary N) is 2. The second kappa shape index (κ2) is 12.5. The Morgan fingerprint density at radius 3 is 1.93 bits per heavy atom. The number of hydrogen-bond acceptors (Lipinski definition) is 5. The van der Waals surface area contributed by atoms with E-state index in [1.54, 1.807) is 0 Å². The van der Waals surface area contributed by atoms with Crippen LogP contribution in [0.5, 0.6) is 5.75 Å². The predicted molar refractivity (Wildman–Crippen MR) is 178 cm³/mol. The van der Waals surface area contributed by atoms with Crippen molar-refractivity contribution < 1.29 is 4.74 Å². The summed E-state index contributed by atoms with van der Waals surface area (Å²) in [5.74, 6) is 0.876. The van der Waals surface area contributed by atoms with Crippen LogP contribution in [-0.4, -0.2) is 6.67 Å². The maximum atomic E-state index is 6.84. The third kappa shape index (κ3) is 5.87. The van der Waals surface area contributed by atoms with Gasteiger partial charge in [0.25, 0.3) is 0 Å². The Morgan fingerprint density at radius 2 is 1.28 bits per heavy atom. The van der Waals surface area contributed by atoms with Gasteiger partial charge >= 0.3 is 0 Å². The fraction of sp³-hybridized carbons (Fsp3) is 0.105. The number of ether oxygens (including phenoxy) is 1. The van der Waals surface area contributed by atoms with Crippen molar-refractivity contribution in [2.45, 2.75) is 18.8 Å². The molecule has 214 valence electrons. The zero-order valence-electron chi connectivity index (χ0n) is 24.2. The lowest BCUT2D eigenvalue weighted by molar-refractivity contribution is 0.261. The van der Waals surface area contributed by atoms with Crippen LogP contribution in [0.25, 0.3) is 21.9 Å². The van der Waals surface area contributed by atoms with Crippen molar-refractivity contribution in [3.8, 4) is 16.9 Å². The number of nitrogens with one attached hydrogen (secondary N) is 2. The molecule has 0 radical (unpaired) electrons. The summed E-state index contributed by atoms with van der Waals surface area (Å²) in [6.45, 7) is 2.35. The molecule has 5 heteroatoms. The van der Waals surface area contributed by atoms with Gasteiger partial charge in [-0.2, -0.15) is 0 Å². The summed E-state index contributed by atoms with van der Waals surface area (Å²) in [5, 5.41) is 9.09. The SMILES string of the molecule is Cc1ccccc1.NCNC(N)(c1ccccc1)c1ccc(-c2ccc(C3Nc4ccccc4O3)c3ccccc23)cc1. The van der Waals surface area contributed by atoms with Crippen LogP contribution in [0.4, 0.5) is 5.69 Å². The molecule has 7 rings (SSSR count). The highest BCUT2D eigenvalue weighted by molar-refractivity contribution is 5.99. The van der Waals surface area contributed by atoms with Gasteiger partial charge in [-0.05, 0) is 52.1 Å². The maximum absolute atomic E-state index is 6.84. The third-order valence-electron chi connectivity index (χ3n) is 7.86. The van der Waals surface area contributed by atoms with Crippen molar-refractivity contribution in [3.05, 3.63) is 168 Å². The van der Waals surface area contributed by atoms with Crippen molar-refractivity contribution in [3.63, 3.8) is 0 Å². The summed E-state index contributed by atoms with van der Waals surface area (Å²) in [4.78, 5) is 0. The van der Waals surface area contributed by atoms with Crippen LogP contribution < -0.4 is 26.8 Å². The molecule has 6 aromatic rings. The van der Waals surface area contributed by atoms with Gasteiger partial charge in [0, 0.05) is 12.2 Å². The van der Waals surface area contributed by atoms with E-state index in [4.69, 9.17) is 16.2 Å². The highest BCUT2D eigenvalue weighted by Crippen LogP contribution is 2.41. The van der Waals surface area contributed by atoms with Crippen molar-refractivity contribution in [1.82, 2.24) is 5.32 Å². The molecule has 1 aliphatic heterocycles. The molecule has 0 amide bonds. The molecule has 2 unspecified atom stereocenters. The number of fused-ring (bicyclic) bond motifs is 2. The first-order chi connectivity index (χ1) is 21.1. The summed E-state index contributed by atoms with van der Waals surface area (Å²) in [7, 11) is 0. The van der Waals surface area contributed by atoms with Gasteiger partial charge in [0.1, 0.15) is 11.4 Å². The topological polar surface area (TPSA) is 85.3 Å². The van der Waals surface area contributed by atoms with Crippen LogP contribution in [0.1, 0.15) is 28.5 Å². The van der Waals surface area contributed by atoms with E-state index in [1.165, 1.54) is 10.9 Å².